The lowest BCUT2D eigenvalue weighted by molar-refractivity contribution is -0.134. The Kier molecular flexibility index (Phi) is 5.45. The molecule has 0 atom stereocenters. The minimum atomic E-state index is -0.209. The van der Waals surface area contributed by atoms with Gasteiger partial charge in [0.05, 0.1) is 11.9 Å². The van der Waals surface area contributed by atoms with Gasteiger partial charge in [-0.1, -0.05) is 6.92 Å². The number of hydrazone groups is 1. The fraction of sp³-hybridized carbons (Fsp3) is 0.267. The van der Waals surface area contributed by atoms with Gasteiger partial charge in [-0.2, -0.15) is 5.10 Å². The molecule has 5 nitrogen and oxygen atoms in total. The van der Waals surface area contributed by atoms with Crippen LogP contribution >= 0.6 is 11.3 Å². The lowest BCUT2D eigenvalue weighted by atomic mass is 10.2. The first kappa shape index (κ1) is 15.2. The summed E-state index contributed by atoms with van der Waals surface area (Å²) in [6.07, 6.45) is 2.90. The number of thiazole rings is 1. The van der Waals surface area contributed by atoms with Crippen LogP contribution < -0.4 is 10.2 Å². The molecule has 0 bridgehead atoms. The van der Waals surface area contributed by atoms with E-state index in [2.05, 4.69) is 15.5 Å². The zero-order valence-electron chi connectivity index (χ0n) is 12.0. The number of aromatic nitrogens is 1. The van der Waals surface area contributed by atoms with Gasteiger partial charge in [-0.05, 0) is 43.2 Å². The van der Waals surface area contributed by atoms with E-state index >= 15 is 0 Å². The number of rotatable bonds is 6. The van der Waals surface area contributed by atoms with Crippen molar-refractivity contribution in [1.82, 2.24) is 4.98 Å². The van der Waals surface area contributed by atoms with Gasteiger partial charge in [0, 0.05) is 11.8 Å². The average Bonchev–Trinajstić information content (AvgIpc) is 2.87. The fourth-order valence-electron chi connectivity index (χ4n) is 1.58. The summed E-state index contributed by atoms with van der Waals surface area (Å²) in [7, 11) is 0. The standard InChI is InChI=1S/C15H17N3O2S/c1-3-4-14(19)20-13-7-5-12(6-8-13)9-16-18-15-17-11(2)10-21-15/h5-10H,3-4H2,1-2H3,(H,17,18). The molecule has 1 aromatic carbocycles. The number of carbonyl (C=O) groups excluding carboxylic acids is 1. The van der Waals surface area contributed by atoms with E-state index < -0.39 is 0 Å². The van der Waals surface area contributed by atoms with Gasteiger partial charge in [0.1, 0.15) is 5.75 Å². The van der Waals surface area contributed by atoms with Crippen molar-refractivity contribution in [2.24, 2.45) is 5.10 Å². The van der Waals surface area contributed by atoms with E-state index in [-0.39, 0.29) is 5.97 Å². The third kappa shape index (κ3) is 5.00. The maximum Gasteiger partial charge on any atom is 0.311 e. The first-order valence-corrected chi connectivity index (χ1v) is 7.57. The Hall–Kier alpha value is -2.21. The Morgan fingerprint density at radius 3 is 2.81 bits per heavy atom. The molecular formula is C15H17N3O2S. The minimum absolute atomic E-state index is 0.209. The zero-order chi connectivity index (χ0) is 15.1. The molecule has 6 heteroatoms. The Labute approximate surface area is 127 Å². The summed E-state index contributed by atoms with van der Waals surface area (Å²) in [4.78, 5) is 15.6. The van der Waals surface area contributed by atoms with Crippen molar-refractivity contribution < 1.29 is 9.53 Å². The van der Waals surface area contributed by atoms with E-state index in [0.717, 1.165) is 22.8 Å². The molecular weight excluding hydrogens is 286 g/mol. The number of anilines is 1. The van der Waals surface area contributed by atoms with Crippen molar-refractivity contribution in [3.63, 3.8) is 0 Å². The number of ether oxygens (including phenoxy) is 1. The highest BCUT2D eigenvalue weighted by Crippen LogP contribution is 2.15. The molecule has 0 aliphatic rings. The second kappa shape index (κ2) is 7.54. The van der Waals surface area contributed by atoms with Gasteiger partial charge in [-0.15, -0.1) is 11.3 Å². The largest absolute Gasteiger partial charge is 0.427 e. The van der Waals surface area contributed by atoms with Crippen LogP contribution in [0.1, 0.15) is 31.0 Å². The van der Waals surface area contributed by atoms with Crippen LogP contribution in [0.25, 0.3) is 0 Å². The zero-order valence-corrected chi connectivity index (χ0v) is 12.8. The number of nitrogens with one attached hydrogen (secondary N) is 1. The summed E-state index contributed by atoms with van der Waals surface area (Å²) in [5.41, 5.74) is 4.75. The minimum Gasteiger partial charge on any atom is -0.427 e. The van der Waals surface area contributed by atoms with E-state index in [1.165, 1.54) is 11.3 Å². The van der Waals surface area contributed by atoms with Gasteiger partial charge in [0.25, 0.3) is 0 Å². The summed E-state index contributed by atoms with van der Waals surface area (Å²) >= 11 is 1.51. The summed E-state index contributed by atoms with van der Waals surface area (Å²) in [5.74, 6) is 0.342. The van der Waals surface area contributed by atoms with Crippen molar-refractivity contribution in [1.29, 1.82) is 0 Å². The molecule has 21 heavy (non-hydrogen) atoms. The molecule has 0 aliphatic carbocycles. The monoisotopic (exact) mass is 303 g/mol. The molecule has 0 fully saturated rings. The topological polar surface area (TPSA) is 63.6 Å². The molecule has 1 heterocycles. The number of hydrogen-bond donors (Lipinski definition) is 1. The van der Waals surface area contributed by atoms with Crippen LogP contribution in [0.2, 0.25) is 0 Å². The first-order valence-electron chi connectivity index (χ1n) is 6.69. The van der Waals surface area contributed by atoms with Crippen LogP contribution in [0, 0.1) is 6.92 Å². The molecule has 0 saturated heterocycles. The maximum atomic E-state index is 11.4. The molecule has 0 radical (unpaired) electrons. The number of hydrogen-bond acceptors (Lipinski definition) is 6. The Morgan fingerprint density at radius 1 is 1.43 bits per heavy atom. The Bertz CT molecular complexity index is 620. The van der Waals surface area contributed by atoms with Gasteiger partial charge >= 0.3 is 5.97 Å². The van der Waals surface area contributed by atoms with Crippen LogP contribution in [0.5, 0.6) is 5.75 Å². The molecule has 110 valence electrons. The van der Waals surface area contributed by atoms with Crippen molar-refractivity contribution in [2.75, 3.05) is 5.43 Å². The number of nitrogens with zero attached hydrogens (tertiary/aromatic N) is 2. The second-order valence-electron chi connectivity index (χ2n) is 4.46. The summed E-state index contributed by atoms with van der Waals surface area (Å²) in [5, 5.41) is 6.82. The molecule has 0 spiro atoms. The number of benzene rings is 1. The summed E-state index contributed by atoms with van der Waals surface area (Å²) in [6, 6.07) is 7.19. The van der Waals surface area contributed by atoms with Crippen LogP contribution in [-0.4, -0.2) is 17.2 Å². The number of aryl methyl sites for hydroxylation is 1. The lowest BCUT2D eigenvalue weighted by Crippen LogP contribution is -2.06. The number of carbonyl (C=O) groups is 1. The molecule has 0 unspecified atom stereocenters. The second-order valence-corrected chi connectivity index (χ2v) is 5.32. The highest BCUT2D eigenvalue weighted by atomic mass is 32.1. The SMILES string of the molecule is CCCC(=O)Oc1ccc(C=NNc2nc(C)cs2)cc1. The molecule has 0 aliphatic heterocycles. The summed E-state index contributed by atoms with van der Waals surface area (Å²) < 4.78 is 5.18. The molecule has 2 aromatic rings. The van der Waals surface area contributed by atoms with Crippen molar-refractivity contribution in [3.8, 4) is 5.75 Å². The Balaban J connectivity index is 1.88. The highest BCUT2D eigenvalue weighted by molar-refractivity contribution is 7.13. The van der Waals surface area contributed by atoms with Crippen LogP contribution in [0.15, 0.2) is 34.7 Å². The van der Waals surface area contributed by atoms with Gasteiger partial charge in [0.2, 0.25) is 5.13 Å². The fourth-order valence-corrected chi connectivity index (χ4v) is 2.21. The average molecular weight is 303 g/mol. The van der Waals surface area contributed by atoms with Gasteiger partial charge in [0.15, 0.2) is 0 Å². The van der Waals surface area contributed by atoms with Gasteiger partial charge < -0.3 is 4.74 Å². The van der Waals surface area contributed by atoms with E-state index in [0.29, 0.717) is 12.2 Å². The van der Waals surface area contributed by atoms with Crippen molar-refractivity contribution in [3.05, 3.63) is 40.9 Å². The molecule has 0 amide bonds. The van der Waals surface area contributed by atoms with E-state index in [1.807, 2.05) is 31.4 Å². The predicted octanol–water partition coefficient (Wildman–Crippen LogP) is 3.60. The first-order chi connectivity index (χ1) is 10.2. The smallest absolute Gasteiger partial charge is 0.311 e. The van der Waals surface area contributed by atoms with Crippen LogP contribution in [0.3, 0.4) is 0 Å². The van der Waals surface area contributed by atoms with Gasteiger partial charge in [-0.25, -0.2) is 4.98 Å². The molecule has 1 N–H and O–H groups in total. The van der Waals surface area contributed by atoms with E-state index in [9.17, 15) is 4.79 Å². The van der Waals surface area contributed by atoms with Crippen molar-refractivity contribution in [2.45, 2.75) is 26.7 Å². The maximum absolute atomic E-state index is 11.4. The highest BCUT2D eigenvalue weighted by Gasteiger charge is 2.02. The third-order valence-corrected chi connectivity index (χ3v) is 3.42. The normalized spacial score (nSPS) is 10.8. The lowest BCUT2D eigenvalue weighted by Gasteiger charge is -2.03. The van der Waals surface area contributed by atoms with Crippen LogP contribution in [0.4, 0.5) is 5.13 Å². The molecule has 2 rings (SSSR count). The molecule has 0 saturated carbocycles. The Morgan fingerprint density at radius 2 is 2.19 bits per heavy atom. The van der Waals surface area contributed by atoms with Crippen LogP contribution in [-0.2, 0) is 4.79 Å². The quantitative estimate of drug-likeness (QED) is 0.383. The predicted molar refractivity (Wildman–Crippen MR) is 85.1 cm³/mol. The van der Waals surface area contributed by atoms with Gasteiger partial charge in [-0.3, -0.25) is 10.2 Å². The molecule has 1 aromatic heterocycles. The third-order valence-electron chi connectivity index (χ3n) is 2.56. The van der Waals surface area contributed by atoms with E-state index in [4.69, 9.17) is 4.74 Å². The number of esters is 1. The summed E-state index contributed by atoms with van der Waals surface area (Å²) in [6.45, 7) is 3.88. The van der Waals surface area contributed by atoms with Crippen molar-refractivity contribution >= 4 is 28.7 Å². The van der Waals surface area contributed by atoms with E-state index in [1.54, 1.807) is 18.3 Å².